The molecule has 1 aliphatic heterocycles. The zero-order valence-electron chi connectivity index (χ0n) is 21.6. The molecule has 0 bridgehead atoms. The molecule has 0 saturated heterocycles. The zero-order chi connectivity index (χ0) is 28.0. The van der Waals surface area contributed by atoms with E-state index in [0.717, 1.165) is 42.5 Å². The van der Waals surface area contributed by atoms with E-state index in [1.807, 2.05) is 6.07 Å². The van der Waals surface area contributed by atoms with Gasteiger partial charge in [-0.3, -0.25) is 9.69 Å². The van der Waals surface area contributed by atoms with Gasteiger partial charge in [0.15, 0.2) is 11.6 Å². The summed E-state index contributed by atoms with van der Waals surface area (Å²) in [4.78, 5) is 23.0. The number of anilines is 1. The number of nitrogens with zero attached hydrogens (tertiary/aromatic N) is 4. The number of hydrogen-bond donors (Lipinski definition) is 3. The Kier molecular flexibility index (Phi) is 6.53. The van der Waals surface area contributed by atoms with E-state index in [-0.39, 0.29) is 29.7 Å². The second-order valence-corrected chi connectivity index (χ2v) is 9.79. The smallest absolute Gasteiger partial charge is 0.219 e. The molecule has 6 rings (SSSR count). The molecule has 40 heavy (non-hydrogen) atoms. The third kappa shape index (κ3) is 4.59. The van der Waals surface area contributed by atoms with Crippen molar-refractivity contribution >= 4 is 22.5 Å². The highest BCUT2D eigenvalue weighted by Gasteiger charge is 2.23. The van der Waals surface area contributed by atoms with Crippen LogP contribution < -0.4 is 10.5 Å². The molecule has 11 heteroatoms. The Labute approximate surface area is 227 Å². The Morgan fingerprint density at radius 3 is 2.70 bits per heavy atom. The van der Waals surface area contributed by atoms with Crippen LogP contribution in [0.25, 0.3) is 16.6 Å². The second-order valence-electron chi connectivity index (χ2n) is 9.79. The van der Waals surface area contributed by atoms with Crippen LogP contribution in [-0.2, 0) is 13.0 Å². The molecule has 0 spiro atoms. The van der Waals surface area contributed by atoms with Crippen LogP contribution in [0.5, 0.6) is 11.6 Å². The van der Waals surface area contributed by atoms with Crippen LogP contribution in [0.2, 0.25) is 0 Å². The molecule has 0 amide bonds. The van der Waals surface area contributed by atoms with E-state index in [9.17, 15) is 18.7 Å². The van der Waals surface area contributed by atoms with Crippen LogP contribution in [0.15, 0.2) is 54.9 Å². The number of hydrogen-bond acceptors (Lipinski definition) is 7. The number of aromatic amines is 1. The fourth-order valence-electron chi connectivity index (χ4n) is 5.06. The molecule has 2 aromatic carbocycles. The SMILES string of the molecule is Cc1cc(Oc2c(F)cccc2F)ncc1-n1ncc(C(=O)c2cc3cc4c(cc3[nH]2)CN(CCO)CC4)c1N. The molecule has 9 nitrogen and oxygen atoms in total. The average molecular weight is 545 g/mol. The number of benzene rings is 2. The summed E-state index contributed by atoms with van der Waals surface area (Å²) < 4.78 is 34.7. The van der Waals surface area contributed by atoms with Gasteiger partial charge < -0.3 is 20.6 Å². The van der Waals surface area contributed by atoms with Crippen molar-refractivity contribution in [2.45, 2.75) is 19.9 Å². The van der Waals surface area contributed by atoms with Gasteiger partial charge in [0.2, 0.25) is 17.4 Å². The molecule has 4 N–H and O–H groups in total. The number of fused-ring (bicyclic) bond motifs is 2. The van der Waals surface area contributed by atoms with E-state index in [4.69, 9.17) is 10.5 Å². The number of carbonyl (C=O) groups is 1. The summed E-state index contributed by atoms with van der Waals surface area (Å²) in [6, 6.07) is 10.9. The number of aliphatic hydroxyl groups excluding tert-OH is 1. The minimum Gasteiger partial charge on any atom is -0.433 e. The number of nitrogens with two attached hydrogens (primary N) is 1. The largest absolute Gasteiger partial charge is 0.433 e. The van der Waals surface area contributed by atoms with Crippen LogP contribution in [-0.4, -0.2) is 55.2 Å². The molecule has 4 heterocycles. The number of nitrogen functional groups attached to an aromatic ring is 1. The number of nitrogens with one attached hydrogen (secondary N) is 1. The fourth-order valence-corrected chi connectivity index (χ4v) is 5.06. The molecule has 0 fully saturated rings. The number of carbonyl (C=O) groups excluding carboxylic acids is 1. The maximum atomic E-state index is 14.0. The van der Waals surface area contributed by atoms with Crippen LogP contribution in [0.3, 0.4) is 0 Å². The second kappa shape index (κ2) is 10.2. The van der Waals surface area contributed by atoms with Gasteiger partial charge in [-0.2, -0.15) is 5.10 Å². The Hall–Kier alpha value is -4.61. The van der Waals surface area contributed by atoms with Gasteiger partial charge in [0.1, 0.15) is 5.82 Å². The Morgan fingerprint density at radius 2 is 1.95 bits per heavy atom. The van der Waals surface area contributed by atoms with E-state index >= 15 is 0 Å². The van der Waals surface area contributed by atoms with Gasteiger partial charge in [0.05, 0.1) is 35.9 Å². The Morgan fingerprint density at radius 1 is 1.15 bits per heavy atom. The van der Waals surface area contributed by atoms with Gasteiger partial charge >= 0.3 is 0 Å². The molecular formula is C29H26F2N6O3. The van der Waals surface area contributed by atoms with Crippen molar-refractivity contribution in [3.8, 4) is 17.3 Å². The first-order valence-electron chi connectivity index (χ1n) is 12.8. The molecule has 0 unspecified atom stereocenters. The first kappa shape index (κ1) is 25.7. The molecule has 5 aromatic rings. The molecular weight excluding hydrogens is 518 g/mol. The lowest BCUT2D eigenvalue weighted by molar-refractivity contribution is 0.103. The fraction of sp³-hybridized carbons (Fsp3) is 0.207. The van der Waals surface area contributed by atoms with Crippen molar-refractivity contribution in [2.24, 2.45) is 0 Å². The van der Waals surface area contributed by atoms with Gasteiger partial charge in [-0.05, 0) is 60.4 Å². The van der Waals surface area contributed by atoms with Gasteiger partial charge in [-0.1, -0.05) is 6.07 Å². The number of β-amino-alcohol motifs (C(OH)–C–C–N with tert-alkyl or cyclic N) is 1. The lowest BCUT2D eigenvalue weighted by Crippen LogP contribution is -2.32. The molecule has 0 saturated carbocycles. The summed E-state index contributed by atoms with van der Waals surface area (Å²) in [6.45, 7) is 4.12. The highest BCUT2D eigenvalue weighted by Crippen LogP contribution is 2.30. The predicted molar refractivity (Wildman–Crippen MR) is 145 cm³/mol. The average Bonchev–Trinajstić information content (AvgIpc) is 3.52. The minimum atomic E-state index is -0.844. The van der Waals surface area contributed by atoms with Gasteiger partial charge in [-0.15, -0.1) is 0 Å². The Balaban J connectivity index is 1.26. The normalized spacial score (nSPS) is 13.5. The first-order valence-corrected chi connectivity index (χ1v) is 12.8. The number of aryl methyl sites for hydroxylation is 1. The molecule has 0 atom stereocenters. The van der Waals surface area contributed by atoms with Gasteiger partial charge in [0, 0.05) is 36.6 Å². The summed E-state index contributed by atoms with van der Waals surface area (Å²) in [7, 11) is 0. The molecule has 3 aromatic heterocycles. The van der Waals surface area contributed by atoms with Gasteiger partial charge in [-0.25, -0.2) is 18.4 Å². The van der Waals surface area contributed by atoms with Crippen molar-refractivity contribution in [1.29, 1.82) is 0 Å². The van der Waals surface area contributed by atoms with E-state index in [0.29, 0.717) is 23.5 Å². The summed E-state index contributed by atoms with van der Waals surface area (Å²) in [5.74, 6) is -2.42. The number of pyridine rings is 1. The van der Waals surface area contributed by atoms with E-state index in [1.54, 1.807) is 6.92 Å². The first-order chi connectivity index (χ1) is 19.3. The van der Waals surface area contributed by atoms with Crippen molar-refractivity contribution < 1.29 is 23.4 Å². The number of para-hydroxylation sites is 1. The van der Waals surface area contributed by atoms with Crippen LogP contribution in [0, 0.1) is 18.6 Å². The quantitative estimate of drug-likeness (QED) is 0.261. The molecule has 1 aliphatic rings. The number of ketones is 1. The van der Waals surface area contributed by atoms with E-state index in [1.165, 1.54) is 40.3 Å². The standard InChI is InChI=1S/C29H26F2N6O3/c1-16-9-26(40-28-21(30)3-2-4-22(28)31)33-14-25(16)37-29(32)20(13-34-37)27(39)24-11-18-10-17-5-6-36(7-8-38)15-19(17)12-23(18)35-24/h2-4,9-14,35,38H,5-8,15,32H2,1H3. The van der Waals surface area contributed by atoms with Crippen molar-refractivity contribution in [2.75, 3.05) is 25.4 Å². The maximum absolute atomic E-state index is 14.0. The van der Waals surface area contributed by atoms with Crippen LogP contribution >= 0.6 is 0 Å². The number of rotatable bonds is 7. The summed E-state index contributed by atoms with van der Waals surface area (Å²) >= 11 is 0. The Bertz CT molecular complexity index is 1740. The summed E-state index contributed by atoms with van der Waals surface area (Å²) in [5, 5.41) is 14.5. The number of halogens is 2. The lowest BCUT2D eigenvalue weighted by Gasteiger charge is -2.28. The summed E-state index contributed by atoms with van der Waals surface area (Å²) in [6.07, 6.45) is 3.69. The molecule has 0 aliphatic carbocycles. The lowest BCUT2D eigenvalue weighted by atomic mass is 9.98. The monoisotopic (exact) mass is 544 g/mol. The van der Waals surface area contributed by atoms with Crippen LogP contribution in [0.4, 0.5) is 14.6 Å². The maximum Gasteiger partial charge on any atom is 0.219 e. The number of ether oxygens (including phenoxy) is 1. The predicted octanol–water partition coefficient (Wildman–Crippen LogP) is 4.29. The molecule has 0 radical (unpaired) electrons. The number of aromatic nitrogens is 4. The highest BCUT2D eigenvalue weighted by atomic mass is 19.1. The van der Waals surface area contributed by atoms with Gasteiger partial charge in [0.25, 0.3) is 0 Å². The van der Waals surface area contributed by atoms with E-state index in [2.05, 4.69) is 32.1 Å². The third-order valence-electron chi connectivity index (χ3n) is 7.16. The van der Waals surface area contributed by atoms with Crippen LogP contribution in [0.1, 0.15) is 32.7 Å². The third-order valence-corrected chi connectivity index (χ3v) is 7.16. The number of aliphatic hydroxyl groups is 1. The topological polar surface area (TPSA) is 122 Å². The minimum absolute atomic E-state index is 0.00692. The molecule has 204 valence electrons. The summed E-state index contributed by atoms with van der Waals surface area (Å²) in [5.41, 5.74) is 11.3. The number of H-pyrrole nitrogens is 1. The highest BCUT2D eigenvalue weighted by molar-refractivity contribution is 6.12. The van der Waals surface area contributed by atoms with Crippen molar-refractivity contribution in [3.63, 3.8) is 0 Å². The van der Waals surface area contributed by atoms with E-state index < -0.39 is 17.4 Å². The zero-order valence-corrected chi connectivity index (χ0v) is 21.6. The van der Waals surface area contributed by atoms with Crippen molar-refractivity contribution in [3.05, 3.63) is 94.4 Å². The van der Waals surface area contributed by atoms with Crippen molar-refractivity contribution in [1.82, 2.24) is 24.6 Å².